The first kappa shape index (κ1) is 16.1. The predicted molar refractivity (Wildman–Crippen MR) is 90.5 cm³/mol. The number of rotatable bonds is 5. The van der Waals surface area contributed by atoms with Crippen LogP contribution in [0.4, 0.5) is 0 Å². The van der Waals surface area contributed by atoms with Crippen molar-refractivity contribution in [2.24, 2.45) is 5.73 Å². The van der Waals surface area contributed by atoms with Crippen molar-refractivity contribution in [3.8, 4) is 5.75 Å². The highest BCUT2D eigenvalue weighted by Crippen LogP contribution is 2.21. The Labute approximate surface area is 141 Å². The number of nitrogens with zero attached hydrogens (tertiary/aromatic N) is 1. The molecule has 5 nitrogen and oxygen atoms in total. The zero-order valence-corrected chi connectivity index (χ0v) is 13.4. The van der Waals surface area contributed by atoms with E-state index in [-0.39, 0.29) is 5.91 Å². The average Bonchev–Trinajstić information content (AvgIpc) is 2.60. The number of amides is 2. The molecule has 24 heavy (non-hydrogen) atoms. The van der Waals surface area contributed by atoms with Crippen molar-refractivity contribution in [3.63, 3.8) is 0 Å². The molecule has 0 bridgehead atoms. The first-order valence-corrected chi connectivity index (χ1v) is 8.03. The molecule has 2 amide bonds. The Bertz CT molecular complexity index is 713. The van der Waals surface area contributed by atoms with Crippen LogP contribution in [0, 0.1) is 0 Å². The number of benzene rings is 2. The number of hydrogen-bond donors (Lipinski definition) is 1. The summed E-state index contributed by atoms with van der Waals surface area (Å²) in [5, 5.41) is 0. The molecule has 1 fully saturated rings. The van der Waals surface area contributed by atoms with Crippen molar-refractivity contribution < 1.29 is 14.3 Å². The van der Waals surface area contributed by atoms with Crippen LogP contribution < -0.4 is 10.5 Å². The molecule has 2 aromatic rings. The van der Waals surface area contributed by atoms with Crippen molar-refractivity contribution in [2.45, 2.75) is 25.5 Å². The molecule has 1 aliphatic rings. The predicted octanol–water partition coefficient (Wildman–Crippen LogP) is 2.36. The zero-order valence-electron chi connectivity index (χ0n) is 13.4. The molecule has 1 atom stereocenters. The SMILES string of the molecule is NC(=O)c1ccc(O[C@H]2CCCN(Cc3ccccc3)C2=O)cc1. The maximum atomic E-state index is 12.6. The Balaban J connectivity index is 1.65. The number of carbonyl (C=O) groups excluding carboxylic acids is 2. The second kappa shape index (κ2) is 7.17. The van der Waals surface area contributed by atoms with Gasteiger partial charge in [-0.1, -0.05) is 30.3 Å². The van der Waals surface area contributed by atoms with Crippen LogP contribution in [0.2, 0.25) is 0 Å². The third-order valence-electron chi connectivity index (χ3n) is 4.11. The normalized spacial score (nSPS) is 17.6. The van der Waals surface area contributed by atoms with E-state index in [1.807, 2.05) is 35.2 Å². The van der Waals surface area contributed by atoms with Crippen molar-refractivity contribution in [3.05, 3.63) is 65.7 Å². The van der Waals surface area contributed by atoms with E-state index in [9.17, 15) is 9.59 Å². The lowest BCUT2D eigenvalue weighted by molar-refractivity contribution is -0.142. The molecule has 1 heterocycles. The Morgan fingerprint density at radius 3 is 2.50 bits per heavy atom. The van der Waals surface area contributed by atoms with E-state index >= 15 is 0 Å². The van der Waals surface area contributed by atoms with Gasteiger partial charge in [-0.2, -0.15) is 0 Å². The molecule has 0 unspecified atom stereocenters. The van der Waals surface area contributed by atoms with Gasteiger partial charge in [0.2, 0.25) is 5.91 Å². The largest absolute Gasteiger partial charge is 0.481 e. The van der Waals surface area contributed by atoms with Crippen LogP contribution in [0.25, 0.3) is 0 Å². The highest BCUT2D eigenvalue weighted by atomic mass is 16.5. The zero-order chi connectivity index (χ0) is 16.9. The third kappa shape index (κ3) is 3.74. The van der Waals surface area contributed by atoms with E-state index in [0.717, 1.165) is 18.5 Å². The first-order chi connectivity index (χ1) is 11.6. The fourth-order valence-electron chi connectivity index (χ4n) is 2.84. The highest BCUT2D eigenvalue weighted by molar-refractivity contribution is 5.92. The number of ether oxygens (including phenoxy) is 1. The second-order valence-corrected chi connectivity index (χ2v) is 5.88. The summed E-state index contributed by atoms with van der Waals surface area (Å²) in [6, 6.07) is 16.5. The van der Waals surface area contributed by atoms with Gasteiger partial charge in [0.05, 0.1) is 0 Å². The van der Waals surface area contributed by atoms with Gasteiger partial charge in [-0.15, -0.1) is 0 Å². The quantitative estimate of drug-likeness (QED) is 0.917. The van der Waals surface area contributed by atoms with Crippen molar-refractivity contribution >= 4 is 11.8 Å². The summed E-state index contributed by atoms with van der Waals surface area (Å²) in [4.78, 5) is 25.6. The summed E-state index contributed by atoms with van der Waals surface area (Å²) in [7, 11) is 0. The van der Waals surface area contributed by atoms with E-state index < -0.39 is 12.0 Å². The minimum atomic E-state index is -0.484. The number of hydrogen-bond acceptors (Lipinski definition) is 3. The molecule has 0 aromatic heterocycles. The van der Waals surface area contributed by atoms with Crippen LogP contribution in [-0.2, 0) is 11.3 Å². The van der Waals surface area contributed by atoms with Gasteiger partial charge in [0.25, 0.3) is 5.91 Å². The van der Waals surface area contributed by atoms with Gasteiger partial charge in [0.1, 0.15) is 5.75 Å². The molecule has 2 N–H and O–H groups in total. The maximum Gasteiger partial charge on any atom is 0.263 e. The lowest BCUT2D eigenvalue weighted by atomic mass is 10.1. The summed E-state index contributed by atoms with van der Waals surface area (Å²) in [6.45, 7) is 1.34. The van der Waals surface area contributed by atoms with Gasteiger partial charge < -0.3 is 15.4 Å². The number of primary amides is 1. The van der Waals surface area contributed by atoms with Crippen LogP contribution in [0.15, 0.2) is 54.6 Å². The molecular weight excluding hydrogens is 304 g/mol. The highest BCUT2D eigenvalue weighted by Gasteiger charge is 2.30. The average molecular weight is 324 g/mol. The molecule has 5 heteroatoms. The summed E-state index contributed by atoms with van der Waals surface area (Å²) < 4.78 is 5.83. The summed E-state index contributed by atoms with van der Waals surface area (Å²) in [6.07, 6.45) is 1.12. The molecular formula is C19H20N2O3. The van der Waals surface area contributed by atoms with Crippen molar-refractivity contribution in [1.29, 1.82) is 0 Å². The topological polar surface area (TPSA) is 72.6 Å². The summed E-state index contributed by atoms with van der Waals surface area (Å²) >= 11 is 0. The smallest absolute Gasteiger partial charge is 0.263 e. The second-order valence-electron chi connectivity index (χ2n) is 5.88. The van der Waals surface area contributed by atoms with Crippen LogP contribution in [-0.4, -0.2) is 29.4 Å². The number of nitrogens with two attached hydrogens (primary N) is 1. The van der Waals surface area contributed by atoms with E-state index in [1.54, 1.807) is 24.3 Å². The number of piperidine rings is 1. The Hall–Kier alpha value is -2.82. The van der Waals surface area contributed by atoms with E-state index in [0.29, 0.717) is 24.3 Å². The van der Waals surface area contributed by atoms with E-state index in [2.05, 4.69) is 0 Å². The molecule has 0 saturated carbocycles. The van der Waals surface area contributed by atoms with Gasteiger partial charge in [0, 0.05) is 18.7 Å². The van der Waals surface area contributed by atoms with Gasteiger partial charge in [-0.25, -0.2) is 0 Å². The van der Waals surface area contributed by atoms with Gasteiger partial charge >= 0.3 is 0 Å². The lowest BCUT2D eigenvalue weighted by Crippen LogP contribution is -2.46. The maximum absolute atomic E-state index is 12.6. The summed E-state index contributed by atoms with van der Waals surface area (Å²) in [5.41, 5.74) is 6.75. The number of likely N-dealkylation sites (tertiary alicyclic amines) is 1. The molecule has 0 spiro atoms. The Morgan fingerprint density at radius 2 is 1.83 bits per heavy atom. The third-order valence-corrected chi connectivity index (χ3v) is 4.11. The van der Waals surface area contributed by atoms with Crippen LogP contribution >= 0.6 is 0 Å². The standard InChI is InChI=1S/C19H20N2O3/c20-18(22)15-8-10-16(11-9-15)24-17-7-4-12-21(19(17)23)13-14-5-2-1-3-6-14/h1-3,5-6,8-11,17H,4,7,12-13H2,(H2,20,22)/t17-/m0/s1. The van der Waals surface area contributed by atoms with Crippen LogP contribution in [0.3, 0.4) is 0 Å². The molecule has 3 rings (SSSR count). The van der Waals surface area contributed by atoms with Gasteiger partial charge in [0.15, 0.2) is 6.10 Å². The monoisotopic (exact) mass is 324 g/mol. The van der Waals surface area contributed by atoms with E-state index in [4.69, 9.17) is 10.5 Å². The molecule has 0 radical (unpaired) electrons. The molecule has 1 saturated heterocycles. The fraction of sp³-hybridized carbons (Fsp3) is 0.263. The molecule has 0 aliphatic carbocycles. The van der Waals surface area contributed by atoms with Crippen molar-refractivity contribution in [1.82, 2.24) is 4.90 Å². The van der Waals surface area contributed by atoms with Gasteiger partial charge in [-0.05, 0) is 42.7 Å². The molecule has 1 aliphatic heterocycles. The number of carbonyl (C=O) groups is 2. The fourth-order valence-corrected chi connectivity index (χ4v) is 2.84. The molecule has 2 aromatic carbocycles. The van der Waals surface area contributed by atoms with Gasteiger partial charge in [-0.3, -0.25) is 9.59 Å². The minimum Gasteiger partial charge on any atom is -0.481 e. The summed E-state index contributed by atoms with van der Waals surface area (Å²) in [5.74, 6) is 0.0910. The Kier molecular flexibility index (Phi) is 4.79. The van der Waals surface area contributed by atoms with Crippen LogP contribution in [0.1, 0.15) is 28.8 Å². The first-order valence-electron chi connectivity index (χ1n) is 8.03. The lowest BCUT2D eigenvalue weighted by Gasteiger charge is -2.32. The van der Waals surface area contributed by atoms with E-state index in [1.165, 1.54) is 0 Å². The minimum absolute atomic E-state index is 0.00378. The van der Waals surface area contributed by atoms with Crippen LogP contribution in [0.5, 0.6) is 5.75 Å². The molecule has 124 valence electrons. The van der Waals surface area contributed by atoms with Crippen molar-refractivity contribution in [2.75, 3.05) is 6.54 Å². The Morgan fingerprint density at radius 1 is 1.12 bits per heavy atom.